The van der Waals surface area contributed by atoms with Gasteiger partial charge in [0.2, 0.25) is 0 Å². The number of ketones is 1. The van der Waals surface area contributed by atoms with Gasteiger partial charge in [0.1, 0.15) is 5.60 Å². The lowest BCUT2D eigenvalue weighted by Gasteiger charge is -2.45. The molecule has 0 aromatic heterocycles. The highest BCUT2D eigenvalue weighted by Crippen LogP contribution is 2.46. The molecular weight excluding hydrogens is 286 g/mol. The monoisotopic (exact) mass is 305 g/mol. The van der Waals surface area contributed by atoms with Gasteiger partial charge in [0.25, 0.3) is 0 Å². The van der Waals surface area contributed by atoms with E-state index in [1.54, 1.807) is 20.8 Å². The Morgan fingerprint density at radius 2 is 2.05 bits per heavy atom. The van der Waals surface area contributed by atoms with Gasteiger partial charge in [0, 0.05) is 22.8 Å². The second-order valence-electron chi connectivity index (χ2n) is 5.97. The van der Waals surface area contributed by atoms with Crippen LogP contribution in [0.3, 0.4) is 0 Å². The van der Waals surface area contributed by atoms with Crippen LogP contribution in [0.25, 0.3) is 10.4 Å². The largest absolute Gasteiger partial charge is 0.478 e. The molecule has 0 aromatic carbocycles. The van der Waals surface area contributed by atoms with Gasteiger partial charge < -0.3 is 10.2 Å². The molecule has 1 aliphatic rings. The minimum atomic E-state index is -1.52. The van der Waals surface area contributed by atoms with Crippen molar-refractivity contribution < 1.29 is 19.8 Å². The van der Waals surface area contributed by atoms with E-state index in [9.17, 15) is 14.7 Å². The van der Waals surface area contributed by atoms with Crippen LogP contribution in [-0.4, -0.2) is 27.6 Å². The smallest absolute Gasteiger partial charge is 0.328 e. The second kappa shape index (κ2) is 6.17. The molecule has 0 fully saturated rings. The Morgan fingerprint density at radius 1 is 1.45 bits per heavy atom. The number of hydrogen-bond donors (Lipinski definition) is 2. The summed E-state index contributed by atoms with van der Waals surface area (Å²) in [6.45, 7) is 6.56. The van der Waals surface area contributed by atoms with E-state index in [1.807, 2.05) is 0 Å². The van der Waals surface area contributed by atoms with E-state index >= 15 is 0 Å². The van der Waals surface area contributed by atoms with Gasteiger partial charge in [0.05, 0.1) is 5.70 Å². The predicted octanol–water partition coefficient (Wildman–Crippen LogP) is 2.89. The summed E-state index contributed by atoms with van der Waals surface area (Å²) in [5.74, 6) is -1.41. The summed E-state index contributed by atoms with van der Waals surface area (Å²) >= 11 is 0. The van der Waals surface area contributed by atoms with E-state index in [1.165, 1.54) is 19.1 Å². The first-order valence-electron chi connectivity index (χ1n) is 6.67. The molecule has 1 atom stereocenters. The summed E-state index contributed by atoms with van der Waals surface area (Å²) in [7, 11) is 0. The zero-order valence-electron chi connectivity index (χ0n) is 13.0. The first kappa shape index (κ1) is 17.7. The Bertz CT molecular complexity index is 652. The van der Waals surface area contributed by atoms with Crippen LogP contribution >= 0.6 is 0 Å². The topological polar surface area (TPSA) is 123 Å². The number of hydrogen-bond acceptors (Lipinski definition) is 4. The summed E-state index contributed by atoms with van der Waals surface area (Å²) in [6.07, 6.45) is 3.94. The van der Waals surface area contributed by atoms with Crippen molar-refractivity contribution in [1.82, 2.24) is 0 Å². The average molecular weight is 305 g/mol. The highest BCUT2D eigenvalue weighted by atomic mass is 16.4. The predicted molar refractivity (Wildman–Crippen MR) is 80.7 cm³/mol. The molecule has 118 valence electrons. The quantitative estimate of drug-likeness (QED) is 0.272. The molecule has 0 amide bonds. The molecule has 0 spiro atoms. The molecule has 22 heavy (non-hydrogen) atoms. The van der Waals surface area contributed by atoms with Crippen molar-refractivity contribution >= 4 is 11.8 Å². The molecule has 0 bridgehead atoms. The number of carboxylic acids is 1. The molecule has 0 radical (unpaired) electrons. The van der Waals surface area contributed by atoms with Crippen LogP contribution < -0.4 is 0 Å². The molecule has 2 N–H and O–H groups in total. The standard InChI is InChI=1S/C15H19N3O4/c1-9(7-12(20)21)5-6-15(22)10(2)13(17-18-16)11(19)8-14(15,3)4/h5-7,22H,8H2,1-4H3,(H,20,21)/b6-5+,9-7-/t15-/m1/s1. The fourth-order valence-corrected chi connectivity index (χ4v) is 2.54. The SMILES string of the molecule is CC1=C(N=[N+]=[N-])C(=O)CC(C)(C)[C@@]1(O)/C=C/C(C)=C\C(=O)O. The Balaban J connectivity index is 3.43. The molecule has 7 nitrogen and oxygen atoms in total. The lowest BCUT2D eigenvalue weighted by Crippen LogP contribution is -2.49. The molecule has 0 heterocycles. The number of carbonyl (C=O) groups is 2. The lowest BCUT2D eigenvalue weighted by molar-refractivity contribution is -0.131. The second-order valence-corrected chi connectivity index (χ2v) is 5.97. The molecule has 0 aromatic rings. The minimum absolute atomic E-state index is 0.0151. The van der Waals surface area contributed by atoms with E-state index < -0.39 is 17.0 Å². The zero-order chi connectivity index (χ0) is 17.1. The number of carboxylic acid groups (broad SMARTS) is 1. The van der Waals surface area contributed by atoms with E-state index in [0.717, 1.165) is 6.08 Å². The molecule has 0 saturated carbocycles. The van der Waals surface area contributed by atoms with E-state index in [4.69, 9.17) is 10.6 Å². The third kappa shape index (κ3) is 3.27. The van der Waals surface area contributed by atoms with Gasteiger partial charge >= 0.3 is 5.97 Å². The summed E-state index contributed by atoms with van der Waals surface area (Å²) in [5, 5.41) is 23.1. The summed E-state index contributed by atoms with van der Waals surface area (Å²) in [6, 6.07) is 0. The number of rotatable bonds is 4. The zero-order valence-corrected chi connectivity index (χ0v) is 13.0. The lowest BCUT2D eigenvalue weighted by atomic mass is 9.63. The molecule has 0 unspecified atom stereocenters. The summed E-state index contributed by atoms with van der Waals surface area (Å²) in [5.41, 5.74) is 6.84. The Labute approximate surface area is 128 Å². The van der Waals surface area contributed by atoms with Crippen molar-refractivity contribution in [2.24, 2.45) is 10.5 Å². The van der Waals surface area contributed by atoms with Gasteiger partial charge in [-0.05, 0) is 36.6 Å². The van der Waals surface area contributed by atoms with Crippen LogP contribution in [0.2, 0.25) is 0 Å². The number of allylic oxidation sites excluding steroid dienone is 3. The molecule has 0 aliphatic heterocycles. The third-order valence-electron chi connectivity index (χ3n) is 3.91. The normalized spacial score (nSPS) is 25.3. The van der Waals surface area contributed by atoms with E-state index in [-0.39, 0.29) is 23.5 Å². The van der Waals surface area contributed by atoms with Crippen LogP contribution in [0.4, 0.5) is 0 Å². The fraction of sp³-hybridized carbons (Fsp3) is 0.467. The van der Waals surface area contributed by atoms with Gasteiger partial charge in [-0.2, -0.15) is 0 Å². The van der Waals surface area contributed by atoms with Gasteiger partial charge in [0.15, 0.2) is 5.78 Å². The van der Waals surface area contributed by atoms with Gasteiger partial charge in [-0.3, -0.25) is 4.79 Å². The molecular formula is C15H19N3O4. The van der Waals surface area contributed by atoms with Crippen molar-refractivity contribution in [2.75, 3.05) is 0 Å². The summed E-state index contributed by atoms with van der Waals surface area (Å²) in [4.78, 5) is 25.3. The van der Waals surface area contributed by atoms with Crippen molar-refractivity contribution in [3.8, 4) is 0 Å². The van der Waals surface area contributed by atoms with Crippen molar-refractivity contribution in [3.05, 3.63) is 45.5 Å². The molecule has 1 rings (SSSR count). The number of Topliss-reactive ketones (excluding diaryl/α,β-unsaturated/α-hetero) is 1. The van der Waals surface area contributed by atoms with E-state index in [0.29, 0.717) is 5.57 Å². The average Bonchev–Trinajstić information content (AvgIpc) is 2.38. The fourth-order valence-electron chi connectivity index (χ4n) is 2.54. The molecule has 1 aliphatic carbocycles. The van der Waals surface area contributed by atoms with Crippen LogP contribution in [-0.2, 0) is 9.59 Å². The molecule has 0 saturated heterocycles. The molecule has 7 heteroatoms. The number of carbonyl (C=O) groups excluding carboxylic acids is 1. The number of aliphatic hydroxyl groups is 1. The Morgan fingerprint density at radius 3 is 2.55 bits per heavy atom. The maximum atomic E-state index is 12.0. The highest BCUT2D eigenvalue weighted by molar-refractivity contribution is 5.98. The van der Waals surface area contributed by atoms with Gasteiger partial charge in [-0.15, -0.1) is 0 Å². The van der Waals surface area contributed by atoms with E-state index in [2.05, 4.69) is 10.0 Å². The summed E-state index contributed by atoms with van der Waals surface area (Å²) < 4.78 is 0. The maximum Gasteiger partial charge on any atom is 0.328 e. The number of aliphatic carboxylic acids is 1. The number of nitrogens with zero attached hydrogens (tertiary/aromatic N) is 3. The van der Waals surface area contributed by atoms with Crippen LogP contribution in [0.5, 0.6) is 0 Å². The van der Waals surface area contributed by atoms with Crippen molar-refractivity contribution in [1.29, 1.82) is 0 Å². The Hall–Kier alpha value is -2.37. The third-order valence-corrected chi connectivity index (χ3v) is 3.91. The highest BCUT2D eigenvalue weighted by Gasteiger charge is 2.49. The van der Waals surface area contributed by atoms with Crippen LogP contribution in [0, 0.1) is 5.41 Å². The first-order chi connectivity index (χ1) is 10.0. The van der Waals surface area contributed by atoms with Gasteiger partial charge in [-0.25, -0.2) is 4.79 Å². The van der Waals surface area contributed by atoms with Crippen molar-refractivity contribution in [3.63, 3.8) is 0 Å². The maximum absolute atomic E-state index is 12.0. The van der Waals surface area contributed by atoms with Crippen LogP contribution in [0.15, 0.2) is 40.2 Å². The Kier molecular flexibility index (Phi) is 4.96. The van der Waals surface area contributed by atoms with Crippen LogP contribution in [0.1, 0.15) is 34.1 Å². The van der Waals surface area contributed by atoms with Gasteiger partial charge in [-0.1, -0.05) is 25.0 Å². The minimum Gasteiger partial charge on any atom is -0.478 e. The number of azide groups is 1. The van der Waals surface area contributed by atoms with Crippen molar-refractivity contribution in [2.45, 2.75) is 39.7 Å². The first-order valence-corrected chi connectivity index (χ1v) is 6.67.